The molecule has 11 heavy (non-hydrogen) atoms. The van der Waals surface area contributed by atoms with Crippen molar-refractivity contribution in [3.8, 4) is 0 Å². The first-order valence-corrected chi connectivity index (χ1v) is 4.08. The monoisotopic (exact) mass is 180 g/mol. The van der Waals surface area contributed by atoms with Crippen LogP contribution in [-0.4, -0.2) is 35.6 Å². The van der Waals surface area contributed by atoms with E-state index in [4.69, 9.17) is 26.2 Å². The Balaban J connectivity index is 2.58. The molecule has 1 saturated heterocycles. The molecule has 0 radical (unpaired) electrons. The Morgan fingerprint density at radius 2 is 2.18 bits per heavy atom. The van der Waals surface area contributed by atoms with Crippen molar-refractivity contribution in [3.63, 3.8) is 0 Å². The summed E-state index contributed by atoms with van der Waals surface area (Å²) >= 11 is 5.60. The number of aliphatic hydroxyl groups excluding tert-OH is 1. The van der Waals surface area contributed by atoms with E-state index in [1.807, 2.05) is 0 Å². The first-order valence-electron chi connectivity index (χ1n) is 3.55. The van der Waals surface area contributed by atoms with E-state index >= 15 is 0 Å². The summed E-state index contributed by atoms with van der Waals surface area (Å²) in [5, 5.41) is 8.90. The van der Waals surface area contributed by atoms with Crippen LogP contribution in [0.2, 0.25) is 0 Å². The lowest BCUT2D eigenvalue weighted by molar-refractivity contribution is -0.161. The number of rotatable bonds is 2. The number of aliphatic hydroxyl groups is 1. The predicted molar refractivity (Wildman–Crippen MR) is 41.7 cm³/mol. The molecule has 1 fully saturated rings. The largest absolute Gasteiger partial charge is 0.393 e. The third-order valence-corrected chi connectivity index (χ3v) is 2.21. The highest BCUT2D eigenvalue weighted by Crippen LogP contribution is 2.31. The van der Waals surface area contributed by atoms with E-state index < -0.39 is 11.4 Å². The molecule has 0 aromatic carbocycles. The summed E-state index contributed by atoms with van der Waals surface area (Å²) in [5.74, 6) is -0.443. The van der Waals surface area contributed by atoms with Gasteiger partial charge in [0, 0.05) is 0 Å². The van der Waals surface area contributed by atoms with E-state index in [-0.39, 0.29) is 12.5 Å². The van der Waals surface area contributed by atoms with Crippen molar-refractivity contribution in [2.24, 2.45) is 0 Å². The Hall–Kier alpha value is 0.170. The second kappa shape index (κ2) is 2.90. The van der Waals surface area contributed by atoms with Gasteiger partial charge in [-0.1, -0.05) is 0 Å². The van der Waals surface area contributed by atoms with Gasteiger partial charge in [0.1, 0.15) is 5.60 Å². The van der Waals surface area contributed by atoms with E-state index in [2.05, 4.69) is 0 Å². The van der Waals surface area contributed by atoms with Gasteiger partial charge < -0.3 is 14.6 Å². The first kappa shape index (κ1) is 9.26. The molecule has 1 rings (SSSR count). The summed E-state index contributed by atoms with van der Waals surface area (Å²) in [6.07, 6.45) is 0. The Morgan fingerprint density at radius 1 is 1.55 bits per heavy atom. The number of ether oxygens (including phenoxy) is 2. The van der Waals surface area contributed by atoms with Gasteiger partial charge in [-0.25, -0.2) is 0 Å². The van der Waals surface area contributed by atoms with Crippen LogP contribution in [0.3, 0.4) is 0 Å². The molecule has 0 bridgehead atoms. The summed E-state index contributed by atoms with van der Waals surface area (Å²) in [4.78, 5) is 0. The average molecular weight is 181 g/mol. The van der Waals surface area contributed by atoms with Crippen LogP contribution in [0.25, 0.3) is 0 Å². The van der Waals surface area contributed by atoms with Gasteiger partial charge in [-0.2, -0.15) is 0 Å². The zero-order valence-electron chi connectivity index (χ0n) is 6.76. The molecule has 0 aromatic heterocycles. The number of alkyl halides is 1. The summed E-state index contributed by atoms with van der Waals surface area (Å²) in [6, 6.07) is 0. The van der Waals surface area contributed by atoms with Crippen LogP contribution < -0.4 is 0 Å². The Labute approximate surface area is 71.2 Å². The van der Waals surface area contributed by atoms with E-state index in [0.717, 1.165) is 0 Å². The lowest BCUT2D eigenvalue weighted by Gasteiger charge is -2.24. The van der Waals surface area contributed by atoms with Gasteiger partial charge in [0.15, 0.2) is 5.79 Å². The SMILES string of the molecule is CC1(CO)COC(C)(CCl)O1. The summed E-state index contributed by atoms with van der Waals surface area (Å²) in [7, 11) is 0. The Bertz CT molecular complexity index is 137. The highest BCUT2D eigenvalue weighted by atomic mass is 35.5. The van der Waals surface area contributed by atoms with Crippen molar-refractivity contribution in [1.29, 1.82) is 0 Å². The predicted octanol–water partition coefficient (Wildman–Crippen LogP) is 0.739. The standard InChI is InChI=1S/C7H13ClO3/c1-6(4-9)5-10-7(2,3-8)11-6/h9H,3-5H2,1-2H3. The highest BCUT2D eigenvalue weighted by molar-refractivity contribution is 6.18. The van der Waals surface area contributed by atoms with Crippen molar-refractivity contribution < 1.29 is 14.6 Å². The molecule has 1 aliphatic heterocycles. The summed E-state index contributed by atoms with van der Waals surface area (Å²) in [5.41, 5.74) is -0.580. The van der Waals surface area contributed by atoms with Gasteiger partial charge in [-0.3, -0.25) is 0 Å². The zero-order chi connectivity index (χ0) is 8.54. The maximum atomic E-state index is 8.90. The molecule has 0 aliphatic carbocycles. The molecular formula is C7H13ClO3. The molecule has 3 nitrogen and oxygen atoms in total. The second-order valence-electron chi connectivity index (χ2n) is 3.27. The lowest BCUT2D eigenvalue weighted by atomic mass is 10.1. The number of halogens is 1. The molecule has 0 aromatic rings. The minimum atomic E-state index is -0.723. The van der Waals surface area contributed by atoms with Crippen molar-refractivity contribution in [1.82, 2.24) is 0 Å². The smallest absolute Gasteiger partial charge is 0.180 e. The van der Waals surface area contributed by atoms with Crippen LogP contribution in [0.15, 0.2) is 0 Å². The molecule has 1 heterocycles. The van der Waals surface area contributed by atoms with Crippen LogP contribution in [-0.2, 0) is 9.47 Å². The van der Waals surface area contributed by atoms with Crippen molar-refractivity contribution >= 4 is 11.6 Å². The van der Waals surface area contributed by atoms with E-state index in [9.17, 15) is 0 Å². The molecule has 0 amide bonds. The lowest BCUT2D eigenvalue weighted by Crippen LogP contribution is -2.36. The zero-order valence-corrected chi connectivity index (χ0v) is 7.52. The van der Waals surface area contributed by atoms with E-state index in [0.29, 0.717) is 6.61 Å². The second-order valence-corrected chi connectivity index (χ2v) is 3.53. The third kappa shape index (κ3) is 1.85. The molecular weight excluding hydrogens is 168 g/mol. The number of hydrogen-bond donors (Lipinski definition) is 1. The Morgan fingerprint density at radius 3 is 2.45 bits per heavy atom. The van der Waals surface area contributed by atoms with Crippen LogP contribution in [0.1, 0.15) is 13.8 Å². The number of hydrogen-bond acceptors (Lipinski definition) is 3. The minimum Gasteiger partial charge on any atom is -0.393 e. The first-order chi connectivity index (χ1) is 5.04. The van der Waals surface area contributed by atoms with Gasteiger partial charge in [0.05, 0.1) is 19.1 Å². The van der Waals surface area contributed by atoms with Gasteiger partial charge >= 0.3 is 0 Å². The fourth-order valence-corrected chi connectivity index (χ4v) is 1.16. The van der Waals surface area contributed by atoms with E-state index in [1.54, 1.807) is 13.8 Å². The average Bonchev–Trinajstić information content (AvgIpc) is 2.30. The molecule has 4 heteroatoms. The quantitative estimate of drug-likeness (QED) is 0.638. The minimum absolute atomic E-state index is 0.0422. The van der Waals surface area contributed by atoms with Crippen LogP contribution in [0, 0.1) is 0 Å². The maximum Gasteiger partial charge on any atom is 0.180 e. The van der Waals surface area contributed by atoms with Crippen molar-refractivity contribution in [3.05, 3.63) is 0 Å². The van der Waals surface area contributed by atoms with Gasteiger partial charge in [0.2, 0.25) is 0 Å². The normalized spacial score (nSPS) is 44.7. The van der Waals surface area contributed by atoms with Gasteiger partial charge in [-0.15, -0.1) is 11.6 Å². The van der Waals surface area contributed by atoms with Crippen molar-refractivity contribution in [2.45, 2.75) is 25.2 Å². The highest BCUT2D eigenvalue weighted by Gasteiger charge is 2.43. The maximum absolute atomic E-state index is 8.90. The summed E-state index contributed by atoms with van der Waals surface area (Å²) < 4.78 is 10.7. The van der Waals surface area contributed by atoms with Crippen LogP contribution >= 0.6 is 11.6 Å². The molecule has 2 atom stereocenters. The molecule has 66 valence electrons. The molecule has 2 unspecified atom stereocenters. The topological polar surface area (TPSA) is 38.7 Å². The fourth-order valence-electron chi connectivity index (χ4n) is 1.03. The third-order valence-electron chi connectivity index (χ3n) is 1.72. The molecule has 0 saturated carbocycles. The van der Waals surface area contributed by atoms with Crippen molar-refractivity contribution in [2.75, 3.05) is 19.1 Å². The van der Waals surface area contributed by atoms with Gasteiger partial charge in [-0.05, 0) is 13.8 Å². The molecule has 0 spiro atoms. The van der Waals surface area contributed by atoms with Gasteiger partial charge in [0.25, 0.3) is 0 Å². The summed E-state index contributed by atoms with van der Waals surface area (Å²) in [6.45, 7) is 3.91. The Kier molecular flexibility index (Phi) is 2.44. The molecule has 1 aliphatic rings. The van der Waals surface area contributed by atoms with Crippen LogP contribution in [0.5, 0.6) is 0 Å². The van der Waals surface area contributed by atoms with Crippen LogP contribution in [0.4, 0.5) is 0 Å². The fraction of sp³-hybridized carbons (Fsp3) is 1.00. The van der Waals surface area contributed by atoms with E-state index in [1.165, 1.54) is 0 Å². The molecule has 1 N–H and O–H groups in total.